The Bertz CT molecular complexity index is 1080. The van der Waals surface area contributed by atoms with Crippen LogP contribution in [0.15, 0.2) is 41.6 Å². The number of hydrogen-bond donors (Lipinski definition) is 0. The van der Waals surface area contributed by atoms with Gasteiger partial charge >= 0.3 is 0 Å². The van der Waals surface area contributed by atoms with E-state index in [1.54, 1.807) is 6.33 Å². The molecule has 1 aliphatic heterocycles. The van der Waals surface area contributed by atoms with E-state index in [1.165, 1.54) is 12.8 Å². The van der Waals surface area contributed by atoms with Gasteiger partial charge in [-0.25, -0.2) is 15.0 Å². The molecule has 7 heteroatoms. The Morgan fingerprint density at radius 3 is 2.48 bits per heavy atom. The zero-order valence-corrected chi connectivity index (χ0v) is 16.8. The van der Waals surface area contributed by atoms with Crippen molar-refractivity contribution in [3.05, 3.63) is 52.8 Å². The van der Waals surface area contributed by atoms with Gasteiger partial charge in [0.1, 0.15) is 0 Å². The van der Waals surface area contributed by atoms with Gasteiger partial charge in [-0.05, 0) is 44.0 Å². The fourth-order valence-electron chi connectivity index (χ4n) is 4.52. The third kappa shape index (κ3) is 3.45. The molecular weight excluding hydrogens is 364 g/mol. The van der Waals surface area contributed by atoms with Gasteiger partial charge in [0.15, 0.2) is 0 Å². The molecule has 0 radical (unpaired) electrons. The maximum atomic E-state index is 12.9. The average Bonchev–Trinajstić information content (AvgIpc) is 3.28. The lowest BCUT2D eigenvalue weighted by Crippen LogP contribution is -2.47. The molecular formula is C22H26N6O. The third-order valence-corrected chi connectivity index (χ3v) is 6.20. The highest BCUT2D eigenvalue weighted by Crippen LogP contribution is 2.28. The Hall–Kier alpha value is -2.96. The quantitative estimate of drug-likeness (QED) is 0.685. The molecule has 2 aromatic heterocycles. The van der Waals surface area contributed by atoms with E-state index in [0.29, 0.717) is 6.04 Å². The van der Waals surface area contributed by atoms with Crippen molar-refractivity contribution >= 4 is 22.5 Å². The summed E-state index contributed by atoms with van der Waals surface area (Å²) in [5.74, 6) is 0.803. The Labute approximate surface area is 170 Å². The Balaban J connectivity index is 1.35. The van der Waals surface area contributed by atoms with Crippen molar-refractivity contribution in [3.63, 3.8) is 0 Å². The number of hydrogen-bond acceptors (Lipinski definition) is 6. The third-order valence-electron chi connectivity index (χ3n) is 6.20. The second kappa shape index (κ2) is 7.46. The minimum Gasteiger partial charge on any atom is -0.368 e. The Morgan fingerprint density at radius 2 is 1.72 bits per heavy atom. The molecule has 0 bridgehead atoms. The number of benzene rings is 1. The molecule has 0 unspecified atom stereocenters. The average molecular weight is 390 g/mol. The molecule has 1 saturated carbocycles. The largest absolute Gasteiger partial charge is 0.368 e. The number of aryl methyl sites for hydroxylation is 1. The number of rotatable bonds is 3. The molecule has 7 nitrogen and oxygen atoms in total. The molecule has 3 heterocycles. The van der Waals surface area contributed by atoms with Crippen LogP contribution in [-0.2, 0) is 0 Å². The minimum atomic E-state index is 0.0925. The first-order chi connectivity index (χ1) is 14.2. The second-order valence-electron chi connectivity index (χ2n) is 8.07. The van der Waals surface area contributed by atoms with Crippen LogP contribution in [0.25, 0.3) is 10.9 Å². The second-order valence-corrected chi connectivity index (χ2v) is 8.07. The highest BCUT2D eigenvalue weighted by Gasteiger charge is 2.21. The smallest absolute Gasteiger partial charge is 0.261 e. The van der Waals surface area contributed by atoms with Crippen molar-refractivity contribution in [2.24, 2.45) is 0 Å². The predicted octanol–water partition coefficient (Wildman–Crippen LogP) is 2.94. The van der Waals surface area contributed by atoms with Gasteiger partial charge < -0.3 is 9.80 Å². The van der Waals surface area contributed by atoms with Gasteiger partial charge in [0.2, 0.25) is 5.95 Å². The summed E-state index contributed by atoms with van der Waals surface area (Å²) in [6.07, 6.45) is 8.14. The lowest BCUT2D eigenvalue weighted by Gasteiger charge is -2.36. The summed E-state index contributed by atoms with van der Waals surface area (Å²) in [6, 6.07) is 8.29. The summed E-state index contributed by atoms with van der Waals surface area (Å²) in [6.45, 7) is 5.52. The van der Waals surface area contributed by atoms with Gasteiger partial charge in [-0.2, -0.15) is 0 Å². The minimum absolute atomic E-state index is 0.0925. The molecule has 2 fully saturated rings. The Kier molecular flexibility index (Phi) is 4.66. The molecule has 0 N–H and O–H groups in total. The van der Waals surface area contributed by atoms with Gasteiger partial charge in [-0.3, -0.25) is 9.36 Å². The molecule has 0 atom stereocenters. The fourth-order valence-corrected chi connectivity index (χ4v) is 4.52. The van der Waals surface area contributed by atoms with Crippen LogP contribution < -0.4 is 15.4 Å². The van der Waals surface area contributed by atoms with Crippen molar-refractivity contribution in [2.75, 3.05) is 36.0 Å². The van der Waals surface area contributed by atoms with Gasteiger partial charge in [-0.1, -0.05) is 12.8 Å². The standard InChI is InChI=1S/C22H26N6O/c1-16-8-9-23-22(25-16)27-12-10-26(11-13-27)18-6-7-19-20(14-18)24-15-28(21(19)29)17-4-2-3-5-17/h6-9,14-15,17H,2-5,10-13H2,1H3. The van der Waals surface area contributed by atoms with Gasteiger partial charge in [0.05, 0.1) is 17.2 Å². The van der Waals surface area contributed by atoms with Crippen molar-refractivity contribution in [1.29, 1.82) is 0 Å². The van der Waals surface area contributed by atoms with Crippen LogP contribution in [0.2, 0.25) is 0 Å². The number of fused-ring (bicyclic) bond motifs is 1. The lowest BCUT2D eigenvalue weighted by molar-refractivity contribution is 0.499. The molecule has 29 heavy (non-hydrogen) atoms. The van der Waals surface area contributed by atoms with Crippen molar-refractivity contribution in [1.82, 2.24) is 19.5 Å². The normalized spacial score (nSPS) is 18.0. The first-order valence-corrected chi connectivity index (χ1v) is 10.5. The first-order valence-electron chi connectivity index (χ1n) is 10.5. The van der Waals surface area contributed by atoms with E-state index in [9.17, 15) is 4.79 Å². The topological polar surface area (TPSA) is 67.2 Å². The number of aromatic nitrogens is 4. The van der Waals surface area contributed by atoms with Crippen LogP contribution in [0, 0.1) is 6.92 Å². The van der Waals surface area contributed by atoms with Crippen LogP contribution in [0.4, 0.5) is 11.6 Å². The first kappa shape index (κ1) is 18.1. The summed E-state index contributed by atoms with van der Waals surface area (Å²) in [4.78, 5) is 31.0. The molecule has 5 rings (SSSR count). The van der Waals surface area contributed by atoms with E-state index in [-0.39, 0.29) is 5.56 Å². The molecule has 1 aromatic carbocycles. The van der Waals surface area contributed by atoms with Gasteiger partial charge in [0, 0.05) is 49.8 Å². The zero-order valence-electron chi connectivity index (χ0n) is 16.8. The van der Waals surface area contributed by atoms with E-state index in [1.807, 2.05) is 29.8 Å². The summed E-state index contributed by atoms with van der Waals surface area (Å²) < 4.78 is 1.84. The van der Waals surface area contributed by atoms with E-state index >= 15 is 0 Å². The number of anilines is 2. The molecule has 2 aliphatic rings. The molecule has 150 valence electrons. The Morgan fingerprint density at radius 1 is 0.966 bits per heavy atom. The monoisotopic (exact) mass is 390 g/mol. The predicted molar refractivity (Wildman–Crippen MR) is 115 cm³/mol. The van der Waals surface area contributed by atoms with Gasteiger partial charge in [0.25, 0.3) is 5.56 Å². The van der Waals surface area contributed by atoms with E-state index in [0.717, 1.165) is 67.3 Å². The molecule has 1 aliphatic carbocycles. The summed E-state index contributed by atoms with van der Waals surface area (Å²) >= 11 is 0. The number of nitrogens with zero attached hydrogens (tertiary/aromatic N) is 6. The fraction of sp³-hybridized carbons (Fsp3) is 0.455. The molecule has 3 aromatic rings. The zero-order chi connectivity index (χ0) is 19.8. The summed E-state index contributed by atoms with van der Waals surface area (Å²) in [5.41, 5.74) is 2.98. The van der Waals surface area contributed by atoms with Crippen LogP contribution in [0.3, 0.4) is 0 Å². The molecule has 0 spiro atoms. The summed E-state index contributed by atoms with van der Waals surface area (Å²) in [5, 5.41) is 0.718. The lowest BCUT2D eigenvalue weighted by atomic mass is 10.1. The van der Waals surface area contributed by atoms with Crippen molar-refractivity contribution < 1.29 is 0 Å². The summed E-state index contributed by atoms with van der Waals surface area (Å²) in [7, 11) is 0. The highest BCUT2D eigenvalue weighted by molar-refractivity contribution is 5.81. The number of piperazine rings is 1. The highest BCUT2D eigenvalue weighted by atomic mass is 16.1. The van der Waals surface area contributed by atoms with Crippen LogP contribution >= 0.6 is 0 Å². The molecule has 1 saturated heterocycles. The van der Waals surface area contributed by atoms with Crippen LogP contribution in [-0.4, -0.2) is 45.7 Å². The maximum absolute atomic E-state index is 12.9. The van der Waals surface area contributed by atoms with E-state index in [4.69, 9.17) is 0 Å². The van der Waals surface area contributed by atoms with Crippen LogP contribution in [0.5, 0.6) is 0 Å². The van der Waals surface area contributed by atoms with Crippen molar-refractivity contribution in [3.8, 4) is 0 Å². The maximum Gasteiger partial charge on any atom is 0.261 e. The van der Waals surface area contributed by atoms with Crippen molar-refractivity contribution in [2.45, 2.75) is 38.6 Å². The van der Waals surface area contributed by atoms with E-state index < -0.39 is 0 Å². The van der Waals surface area contributed by atoms with E-state index in [2.05, 4.69) is 36.9 Å². The van der Waals surface area contributed by atoms with Crippen LogP contribution in [0.1, 0.15) is 37.4 Å². The van der Waals surface area contributed by atoms with Gasteiger partial charge in [-0.15, -0.1) is 0 Å². The molecule has 0 amide bonds. The SMILES string of the molecule is Cc1ccnc(N2CCN(c3ccc4c(=O)n(C5CCCC5)cnc4c3)CC2)n1.